The van der Waals surface area contributed by atoms with Crippen LogP contribution in [-0.2, 0) is 23.7 Å². The lowest BCUT2D eigenvalue weighted by Crippen LogP contribution is -2.64. The third-order valence-electron chi connectivity index (χ3n) is 6.29. The van der Waals surface area contributed by atoms with Gasteiger partial charge in [-0.05, 0) is 0 Å². The molecule has 0 saturated carbocycles. The monoisotopic (exact) mass is 504 g/mol. The molecule has 0 amide bonds. The highest BCUT2D eigenvalue weighted by Crippen LogP contribution is 2.40. The summed E-state index contributed by atoms with van der Waals surface area (Å²) in [6, 6.07) is 0. The number of ether oxygens (including phenoxy) is 5. The Morgan fingerprint density at radius 2 is 1.12 bits per heavy atom. The van der Waals surface area contributed by atoms with Crippen molar-refractivity contribution in [1.82, 2.24) is 0 Å². The van der Waals surface area contributed by atoms with Crippen LogP contribution in [0, 0.1) is 0 Å². The van der Waals surface area contributed by atoms with Gasteiger partial charge in [-0.3, -0.25) is 0 Å². The Morgan fingerprint density at radius 1 is 0.618 bits per heavy atom. The maximum atomic E-state index is 10.7. The fourth-order valence-corrected chi connectivity index (χ4v) is 4.21. The van der Waals surface area contributed by atoms with Crippen molar-refractivity contribution in [1.29, 1.82) is 0 Å². The van der Waals surface area contributed by atoms with E-state index in [0.29, 0.717) is 0 Å². The highest BCUT2D eigenvalue weighted by molar-refractivity contribution is 5.02. The molecule has 0 aromatic carbocycles. The number of aliphatic hydroxyl groups excluding tert-OH is 11. The second-order valence-corrected chi connectivity index (χ2v) is 8.43. The highest BCUT2D eigenvalue weighted by Gasteiger charge is 2.62. The lowest BCUT2D eigenvalue weighted by atomic mass is 9.98. The summed E-state index contributed by atoms with van der Waals surface area (Å²) in [6.07, 6.45) is -19.1. The zero-order valence-corrected chi connectivity index (χ0v) is 17.8. The van der Waals surface area contributed by atoms with Gasteiger partial charge in [0.15, 0.2) is 6.29 Å². The fraction of sp³-hybridized carbons (Fsp3) is 1.00. The second kappa shape index (κ2) is 10.8. The predicted octanol–water partition coefficient (Wildman–Crippen LogP) is -7.57. The van der Waals surface area contributed by atoms with Gasteiger partial charge in [0.25, 0.3) is 0 Å². The molecule has 0 aromatic rings. The van der Waals surface area contributed by atoms with Gasteiger partial charge in [0.2, 0.25) is 11.6 Å². The Bertz CT molecular complexity index is 670. The SMILES string of the molecule is OC[C@H]1O[C@](CO)(OC[C@]2(O[C@@H]3[C@@H](O)[C@H](O)[C@@H](CO)O[C@@H]3O)O[C@H](CO)[C@@H](O)[C@@H]2O)[C@@H](O)[C@@H]1O. The predicted molar refractivity (Wildman–Crippen MR) is 101 cm³/mol. The van der Waals surface area contributed by atoms with Crippen molar-refractivity contribution in [3.8, 4) is 0 Å². The molecule has 34 heavy (non-hydrogen) atoms. The highest BCUT2D eigenvalue weighted by atomic mass is 16.8. The summed E-state index contributed by atoms with van der Waals surface area (Å²) in [7, 11) is 0. The minimum Gasteiger partial charge on any atom is -0.394 e. The molecule has 0 spiro atoms. The van der Waals surface area contributed by atoms with Crippen LogP contribution in [0.1, 0.15) is 0 Å². The molecule has 11 N–H and O–H groups in total. The largest absolute Gasteiger partial charge is 0.394 e. The van der Waals surface area contributed by atoms with Gasteiger partial charge in [-0.15, -0.1) is 0 Å². The van der Waals surface area contributed by atoms with Crippen LogP contribution < -0.4 is 0 Å². The molecule has 3 rings (SSSR count). The average molecular weight is 504 g/mol. The van der Waals surface area contributed by atoms with Crippen molar-refractivity contribution in [2.24, 2.45) is 0 Å². The van der Waals surface area contributed by atoms with Crippen LogP contribution in [0.5, 0.6) is 0 Å². The van der Waals surface area contributed by atoms with Crippen LogP contribution in [0.2, 0.25) is 0 Å². The summed E-state index contributed by atoms with van der Waals surface area (Å²) >= 11 is 0. The lowest BCUT2D eigenvalue weighted by molar-refractivity contribution is -0.384. The van der Waals surface area contributed by atoms with E-state index in [0.717, 1.165) is 0 Å². The van der Waals surface area contributed by atoms with Crippen LogP contribution in [0.4, 0.5) is 0 Å². The van der Waals surface area contributed by atoms with E-state index < -0.39 is 112 Å². The molecule has 200 valence electrons. The van der Waals surface area contributed by atoms with Crippen molar-refractivity contribution in [3.63, 3.8) is 0 Å². The summed E-state index contributed by atoms with van der Waals surface area (Å²) < 4.78 is 26.7. The molecule has 13 atom stereocenters. The molecular formula is C18H32O16. The Kier molecular flexibility index (Phi) is 8.85. The molecule has 0 bridgehead atoms. The first-order valence-electron chi connectivity index (χ1n) is 10.5. The molecule has 0 radical (unpaired) electrons. The van der Waals surface area contributed by atoms with Crippen LogP contribution in [-0.4, -0.2) is 168 Å². The van der Waals surface area contributed by atoms with Gasteiger partial charge < -0.3 is 79.9 Å². The van der Waals surface area contributed by atoms with E-state index in [1.54, 1.807) is 0 Å². The quantitative estimate of drug-likeness (QED) is 0.139. The van der Waals surface area contributed by atoms with Gasteiger partial charge in [-0.1, -0.05) is 0 Å². The van der Waals surface area contributed by atoms with E-state index in [9.17, 15) is 56.2 Å². The average Bonchev–Trinajstić information content (AvgIpc) is 3.23. The first-order chi connectivity index (χ1) is 16.0. The molecule has 16 heteroatoms. The van der Waals surface area contributed by atoms with Gasteiger partial charge in [0, 0.05) is 0 Å². The van der Waals surface area contributed by atoms with Crippen molar-refractivity contribution in [3.05, 3.63) is 0 Å². The second-order valence-electron chi connectivity index (χ2n) is 8.43. The van der Waals surface area contributed by atoms with Gasteiger partial charge in [0.1, 0.15) is 74.3 Å². The Labute approximate surface area is 192 Å². The van der Waals surface area contributed by atoms with Gasteiger partial charge in [0.05, 0.1) is 19.8 Å². The summed E-state index contributed by atoms with van der Waals surface area (Å²) in [6.45, 7) is -4.39. The molecule has 3 fully saturated rings. The maximum absolute atomic E-state index is 10.7. The zero-order chi connectivity index (χ0) is 25.4. The molecule has 16 nitrogen and oxygen atoms in total. The van der Waals surface area contributed by atoms with Crippen molar-refractivity contribution in [2.45, 2.75) is 78.9 Å². The molecule has 3 heterocycles. The Morgan fingerprint density at radius 3 is 1.59 bits per heavy atom. The van der Waals surface area contributed by atoms with Crippen LogP contribution in [0.25, 0.3) is 0 Å². The topological polar surface area (TPSA) is 269 Å². The number of hydrogen-bond donors (Lipinski definition) is 11. The Balaban J connectivity index is 1.88. The maximum Gasteiger partial charge on any atom is 0.222 e. The molecular weight excluding hydrogens is 472 g/mol. The van der Waals surface area contributed by atoms with Crippen LogP contribution >= 0.6 is 0 Å². The first kappa shape index (κ1) is 27.9. The van der Waals surface area contributed by atoms with Crippen LogP contribution in [0.15, 0.2) is 0 Å². The van der Waals surface area contributed by atoms with Crippen molar-refractivity contribution in [2.75, 3.05) is 33.0 Å². The zero-order valence-electron chi connectivity index (χ0n) is 17.8. The number of aliphatic hydroxyl groups is 11. The van der Waals surface area contributed by atoms with Gasteiger partial charge in [-0.25, -0.2) is 0 Å². The van der Waals surface area contributed by atoms with Crippen molar-refractivity contribution < 1.29 is 79.9 Å². The summed E-state index contributed by atoms with van der Waals surface area (Å²) in [5.41, 5.74) is 0. The molecule has 0 aliphatic carbocycles. The Hall–Kier alpha value is -0.640. The molecule has 0 unspecified atom stereocenters. The third-order valence-corrected chi connectivity index (χ3v) is 6.29. The van der Waals surface area contributed by atoms with E-state index >= 15 is 0 Å². The van der Waals surface area contributed by atoms with Crippen LogP contribution in [0.3, 0.4) is 0 Å². The molecule has 3 aliphatic rings. The van der Waals surface area contributed by atoms with Gasteiger partial charge in [-0.2, -0.15) is 0 Å². The van der Waals surface area contributed by atoms with E-state index in [1.165, 1.54) is 0 Å². The smallest absolute Gasteiger partial charge is 0.222 e. The minimum atomic E-state index is -2.51. The van der Waals surface area contributed by atoms with E-state index in [1.807, 2.05) is 0 Å². The summed E-state index contributed by atoms with van der Waals surface area (Å²) in [5, 5.41) is 110. The summed E-state index contributed by atoms with van der Waals surface area (Å²) in [4.78, 5) is 0. The number of rotatable bonds is 9. The standard InChI is InChI=1S/C18H32O16/c19-1-6-9(23)12(26)13(16(29)31-6)34-18(15(28)11(25)8(3-21)33-18)5-30-17(4-22)14(27)10(24)7(2-20)32-17/h6-16,19-29H,1-5H2/t6-,7-,8-,9-,10-,11-,12+,13-,14+,15+,16+,17+,18-/m1/s1. The molecule has 3 aliphatic heterocycles. The lowest BCUT2D eigenvalue weighted by Gasteiger charge is -2.44. The van der Waals surface area contributed by atoms with E-state index in [-0.39, 0.29) is 0 Å². The molecule has 0 aromatic heterocycles. The first-order valence-corrected chi connectivity index (χ1v) is 10.5. The minimum absolute atomic E-state index is 0.753. The van der Waals surface area contributed by atoms with E-state index in [2.05, 4.69) is 0 Å². The summed E-state index contributed by atoms with van der Waals surface area (Å²) in [5.74, 6) is -4.86. The normalized spacial score (nSPS) is 51.8. The van der Waals surface area contributed by atoms with E-state index in [4.69, 9.17) is 23.7 Å². The fourth-order valence-electron chi connectivity index (χ4n) is 4.21. The molecule has 3 saturated heterocycles. The third kappa shape index (κ3) is 4.71. The van der Waals surface area contributed by atoms with Crippen molar-refractivity contribution >= 4 is 0 Å². The number of hydrogen-bond acceptors (Lipinski definition) is 16. The van der Waals surface area contributed by atoms with Gasteiger partial charge >= 0.3 is 0 Å².